The van der Waals surface area contributed by atoms with Crippen LogP contribution in [-0.4, -0.2) is 33.4 Å². The SMILES string of the molecule is CC1=CC(=O)C2=C(C1=O)[C@@H](c1cc(C)c(O)c(C)c1)C1=CC[C@@H]3C(=O)N(Cc4cccs4)C(=O)[C@@H]3[C@@H]1C2. The second-order valence-corrected chi connectivity index (χ2v) is 11.6. The van der Waals surface area contributed by atoms with Crippen LogP contribution in [0.1, 0.15) is 47.3 Å². The lowest BCUT2D eigenvalue weighted by atomic mass is 9.59. The Bertz CT molecular complexity index is 1470. The van der Waals surface area contributed by atoms with Crippen LogP contribution in [0.5, 0.6) is 5.75 Å². The summed E-state index contributed by atoms with van der Waals surface area (Å²) < 4.78 is 0. The van der Waals surface area contributed by atoms with Gasteiger partial charge in [0.1, 0.15) is 5.75 Å². The molecule has 1 saturated heterocycles. The maximum atomic E-state index is 13.8. The number of rotatable bonds is 3. The Hall–Kier alpha value is -3.58. The number of likely N-dealkylation sites (tertiary alicyclic amines) is 1. The van der Waals surface area contributed by atoms with E-state index in [1.54, 1.807) is 6.92 Å². The van der Waals surface area contributed by atoms with E-state index in [0.29, 0.717) is 34.3 Å². The standard InChI is InChI=1S/C30H27NO5S/c1-14-9-17(10-15(2)27(14)33)24-19-6-7-20-25(30(36)31(29(20)35)13-18-5-4-8-37-18)21(19)12-22-23(32)11-16(3)28(34)26(22)24/h4-6,8-11,20-21,24-25,33H,7,12-13H2,1-3H3/t20-,21+,24-,25-/m0/s1. The van der Waals surface area contributed by atoms with E-state index < -0.39 is 17.8 Å². The van der Waals surface area contributed by atoms with E-state index in [0.717, 1.165) is 16.0 Å². The van der Waals surface area contributed by atoms with Crippen LogP contribution in [0.2, 0.25) is 0 Å². The molecule has 1 fully saturated rings. The van der Waals surface area contributed by atoms with Crippen molar-refractivity contribution >= 4 is 34.7 Å². The van der Waals surface area contributed by atoms with Crippen molar-refractivity contribution in [2.75, 3.05) is 0 Å². The maximum absolute atomic E-state index is 13.8. The maximum Gasteiger partial charge on any atom is 0.234 e. The summed E-state index contributed by atoms with van der Waals surface area (Å²) in [4.78, 5) is 56.2. The highest BCUT2D eigenvalue weighted by molar-refractivity contribution is 7.09. The van der Waals surface area contributed by atoms with Gasteiger partial charge in [0, 0.05) is 27.5 Å². The molecular formula is C30H27NO5S. The van der Waals surface area contributed by atoms with E-state index in [4.69, 9.17) is 0 Å². The topological polar surface area (TPSA) is 91.8 Å². The number of allylic oxidation sites excluding steroid dienone is 6. The second-order valence-electron chi connectivity index (χ2n) is 10.6. The number of thiophene rings is 1. The van der Waals surface area contributed by atoms with Crippen LogP contribution in [0, 0.1) is 31.6 Å². The van der Waals surface area contributed by atoms with Crippen LogP contribution in [0.4, 0.5) is 0 Å². The molecule has 6 nitrogen and oxygen atoms in total. The highest BCUT2D eigenvalue weighted by atomic mass is 32.1. The van der Waals surface area contributed by atoms with E-state index in [1.807, 2.05) is 49.6 Å². The number of amides is 2. The molecule has 4 atom stereocenters. The second kappa shape index (κ2) is 8.48. The molecule has 6 rings (SSSR count). The Morgan fingerprint density at radius 1 is 1.03 bits per heavy atom. The lowest BCUT2D eigenvalue weighted by Crippen LogP contribution is -2.39. The van der Waals surface area contributed by atoms with Crippen LogP contribution in [0.25, 0.3) is 0 Å². The van der Waals surface area contributed by atoms with Gasteiger partial charge in [0.2, 0.25) is 11.8 Å². The molecule has 188 valence electrons. The van der Waals surface area contributed by atoms with Crippen molar-refractivity contribution in [3.63, 3.8) is 0 Å². The normalized spacial score (nSPS) is 27.2. The predicted molar refractivity (Wildman–Crippen MR) is 139 cm³/mol. The van der Waals surface area contributed by atoms with E-state index in [2.05, 4.69) is 0 Å². The van der Waals surface area contributed by atoms with E-state index in [1.165, 1.54) is 22.3 Å². The zero-order chi connectivity index (χ0) is 26.2. The number of imide groups is 1. The van der Waals surface area contributed by atoms with Crippen molar-refractivity contribution in [3.05, 3.63) is 85.7 Å². The number of fused-ring (bicyclic) bond motifs is 3. The molecule has 3 aliphatic carbocycles. The molecule has 0 spiro atoms. The van der Waals surface area contributed by atoms with Gasteiger partial charge < -0.3 is 5.11 Å². The average Bonchev–Trinajstić information content (AvgIpc) is 3.47. The lowest BCUT2D eigenvalue weighted by Gasteiger charge is -2.42. The summed E-state index contributed by atoms with van der Waals surface area (Å²) in [6.07, 6.45) is 4.12. The minimum Gasteiger partial charge on any atom is -0.507 e. The largest absolute Gasteiger partial charge is 0.507 e. The minimum absolute atomic E-state index is 0.155. The lowest BCUT2D eigenvalue weighted by molar-refractivity contribution is -0.140. The van der Waals surface area contributed by atoms with E-state index >= 15 is 0 Å². The summed E-state index contributed by atoms with van der Waals surface area (Å²) in [5, 5.41) is 12.3. The highest BCUT2D eigenvalue weighted by Gasteiger charge is 2.56. The van der Waals surface area contributed by atoms with E-state index in [9.17, 15) is 24.3 Å². The fraction of sp³-hybridized carbons (Fsp3) is 0.333. The summed E-state index contributed by atoms with van der Waals surface area (Å²) in [6.45, 7) is 5.55. The molecule has 1 aromatic heterocycles. The number of hydrogen-bond acceptors (Lipinski definition) is 6. The van der Waals surface area contributed by atoms with Crippen LogP contribution < -0.4 is 0 Å². The van der Waals surface area contributed by atoms with Gasteiger partial charge in [-0.1, -0.05) is 29.8 Å². The van der Waals surface area contributed by atoms with Crippen molar-refractivity contribution in [2.24, 2.45) is 17.8 Å². The molecule has 4 aliphatic rings. The van der Waals surface area contributed by atoms with Gasteiger partial charge in [0.05, 0.1) is 18.4 Å². The number of phenolic OH excluding ortho intramolecular Hbond substituents is 1. The molecule has 0 radical (unpaired) electrons. The molecule has 1 aliphatic heterocycles. The van der Waals surface area contributed by atoms with Crippen molar-refractivity contribution in [1.29, 1.82) is 0 Å². The summed E-state index contributed by atoms with van der Waals surface area (Å²) in [6, 6.07) is 7.55. The number of aryl methyl sites for hydroxylation is 2. The number of carbonyl (C=O) groups is 4. The van der Waals surface area contributed by atoms with E-state index in [-0.39, 0.29) is 48.0 Å². The van der Waals surface area contributed by atoms with Crippen molar-refractivity contribution in [1.82, 2.24) is 4.90 Å². The number of nitrogens with zero attached hydrogens (tertiary/aromatic N) is 1. The number of aromatic hydroxyl groups is 1. The third kappa shape index (κ3) is 3.51. The third-order valence-corrected chi connectivity index (χ3v) is 9.26. The molecular weight excluding hydrogens is 486 g/mol. The molecule has 0 saturated carbocycles. The van der Waals surface area contributed by atoms with Crippen LogP contribution >= 0.6 is 11.3 Å². The van der Waals surface area contributed by atoms with Gasteiger partial charge in [-0.2, -0.15) is 0 Å². The molecule has 0 bridgehead atoms. The highest BCUT2D eigenvalue weighted by Crippen LogP contribution is 2.55. The number of phenols is 1. The number of benzene rings is 1. The molecule has 1 aromatic carbocycles. The van der Waals surface area contributed by atoms with Crippen molar-refractivity contribution in [3.8, 4) is 5.75 Å². The first-order valence-electron chi connectivity index (χ1n) is 12.6. The van der Waals surface area contributed by atoms with Crippen LogP contribution in [0.15, 0.2) is 64.1 Å². The monoisotopic (exact) mass is 513 g/mol. The summed E-state index contributed by atoms with van der Waals surface area (Å²) in [5.74, 6) is -2.36. The summed E-state index contributed by atoms with van der Waals surface area (Å²) in [7, 11) is 0. The third-order valence-electron chi connectivity index (χ3n) is 8.40. The molecule has 2 heterocycles. The fourth-order valence-corrected chi connectivity index (χ4v) is 7.37. The minimum atomic E-state index is -0.557. The van der Waals surface area contributed by atoms with Crippen molar-refractivity contribution in [2.45, 2.75) is 46.1 Å². The Kier molecular flexibility index (Phi) is 5.46. The molecule has 37 heavy (non-hydrogen) atoms. The zero-order valence-corrected chi connectivity index (χ0v) is 21.7. The van der Waals surface area contributed by atoms with Gasteiger partial charge in [-0.3, -0.25) is 24.1 Å². The van der Waals surface area contributed by atoms with Gasteiger partial charge in [-0.05, 0) is 73.7 Å². The van der Waals surface area contributed by atoms with Gasteiger partial charge in [-0.25, -0.2) is 0 Å². The van der Waals surface area contributed by atoms with Gasteiger partial charge >= 0.3 is 0 Å². The average molecular weight is 514 g/mol. The Morgan fingerprint density at radius 2 is 1.76 bits per heavy atom. The van der Waals surface area contributed by atoms with Crippen molar-refractivity contribution < 1.29 is 24.3 Å². The number of carbonyl (C=O) groups excluding carboxylic acids is 4. The Morgan fingerprint density at radius 3 is 2.43 bits per heavy atom. The summed E-state index contributed by atoms with van der Waals surface area (Å²) in [5.41, 5.74) is 4.45. The first-order chi connectivity index (χ1) is 17.7. The molecule has 2 aromatic rings. The van der Waals surface area contributed by atoms with Crippen LogP contribution in [-0.2, 0) is 25.7 Å². The van der Waals surface area contributed by atoms with Crippen LogP contribution in [0.3, 0.4) is 0 Å². The fourth-order valence-electron chi connectivity index (χ4n) is 6.68. The quantitative estimate of drug-likeness (QED) is 0.365. The Balaban J connectivity index is 1.48. The first-order valence-corrected chi connectivity index (χ1v) is 13.4. The predicted octanol–water partition coefficient (Wildman–Crippen LogP) is 4.70. The zero-order valence-electron chi connectivity index (χ0n) is 20.9. The van der Waals surface area contributed by atoms with Gasteiger partial charge in [-0.15, -0.1) is 11.3 Å². The van der Waals surface area contributed by atoms with Gasteiger partial charge in [0.15, 0.2) is 11.6 Å². The molecule has 7 heteroatoms. The smallest absolute Gasteiger partial charge is 0.234 e. The summed E-state index contributed by atoms with van der Waals surface area (Å²) >= 11 is 1.51. The molecule has 0 unspecified atom stereocenters. The first kappa shape index (κ1) is 23.8. The number of hydrogen-bond donors (Lipinski definition) is 1. The molecule has 2 amide bonds. The Labute approximate surface area is 219 Å². The number of Topliss-reactive ketones (excluding diaryl/α,β-unsaturated/α-hetero) is 1. The van der Waals surface area contributed by atoms with Gasteiger partial charge in [0.25, 0.3) is 0 Å². The molecule has 1 N–H and O–H groups in total. The number of ketones is 2.